The molecule has 26 heavy (non-hydrogen) atoms. The number of hydrogen-bond acceptors (Lipinski definition) is 3. The second-order valence-electron chi connectivity index (χ2n) is 5.11. The van der Waals surface area contributed by atoms with Crippen molar-refractivity contribution in [2.24, 2.45) is 0 Å². The van der Waals surface area contributed by atoms with E-state index in [4.69, 9.17) is 5.26 Å². The van der Waals surface area contributed by atoms with Crippen molar-refractivity contribution in [3.8, 4) is 6.07 Å². The van der Waals surface area contributed by atoms with Crippen LogP contribution in [0.25, 0.3) is 20.2 Å². The van der Waals surface area contributed by atoms with Crippen LogP contribution < -0.4 is 0 Å². The summed E-state index contributed by atoms with van der Waals surface area (Å²) in [5.74, 6) is 0. The van der Waals surface area contributed by atoms with Crippen LogP contribution in [0.3, 0.4) is 0 Å². The fraction of sp³-hybridized carbons (Fsp3) is 0.261. The highest BCUT2D eigenvalue weighted by atomic mass is 32.1. The SMILES string of the molecule is CC.CC.Cc1cc2ccccc2s1.Cc1csc2c(C#N)cccc12. The molecule has 1 nitrogen and oxygen atoms in total. The van der Waals surface area contributed by atoms with Crippen LogP contribution >= 0.6 is 22.7 Å². The lowest BCUT2D eigenvalue weighted by Gasteiger charge is -1.91. The first-order valence-corrected chi connectivity index (χ1v) is 10.7. The summed E-state index contributed by atoms with van der Waals surface area (Å²) in [6, 6.07) is 18.7. The van der Waals surface area contributed by atoms with Gasteiger partial charge in [-0.15, -0.1) is 22.7 Å². The Kier molecular flexibility index (Phi) is 9.65. The summed E-state index contributed by atoms with van der Waals surface area (Å²) in [6.45, 7) is 12.2. The van der Waals surface area contributed by atoms with Gasteiger partial charge in [0.15, 0.2) is 0 Å². The van der Waals surface area contributed by atoms with Gasteiger partial charge < -0.3 is 0 Å². The zero-order valence-corrected chi connectivity index (χ0v) is 18.1. The standard InChI is InChI=1S/C10H7NS.C9H8S.2C2H6/c1-7-6-12-10-8(5-11)3-2-4-9(7)10;1-7-6-8-4-2-3-5-9(8)10-7;2*1-2/h2-4,6H,1H3;2-6H,1H3;2*1-2H3. The third-order valence-electron chi connectivity index (χ3n) is 3.46. The van der Waals surface area contributed by atoms with Crippen molar-refractivity contribution in [1.29, 1.82) is 5.26 Å². The molecule has 4 aromatic rings. The molecule has 3 heteroatoms. The van der Waals surface area contributed by atoms with E-state index in [9.17, 15) is 0 Å². The summed E-state index contributed by atoms with van der Waals surface area (Å²) in [5.41, 5.74) is 2.04. The molecule has 4 rings (SSSR count). The maximum absolute atomic E-state index is 8.80. The van der Waals surface area contributed by atoms with Gasteiger partial charge in [0.25, 0.3) is 0 Å². The molecule has 0 bridgehead atoms. The Hall–Kier alpha value is -2.15. The van der Waals surface area contributed by atoms with Crippen LogP contribution in [0.4, 0.5) is 0 Å². The van der Waals surface area contributed by atoms with Gasteiger partial charge in [0.05, 0.1) is 10.3 Å². The Balaban J connectivity index is 0.000000221. The van der Waals surface area contributed by atoms with E-state index >= 15 is 0 Å². The zero-order valence-electron chi connectivity index (χ0n) is 16.5. The zero-order chi connectivity index (χ0) is 19.5. The molecular weight excluding hydrogens is 354 g/mol. The maximum Gasteiger partial charge on any atom is 0.101 e. The molecule has 2 aromatic heterocycles. The predicted molar refractivity (Wildman–Crippen MR) is 121 cm³/mol. The lowest BCUT2D eigenvalue weighted by molar-refractivity contribution is 1.50. The minimum absolute atomic E-state index is 0.783. The third-order valence-corrected chi connectivity index (χ3v) is 5.64. The minimum atomic E-state index is 0.783. The van der Waals surface area contributed by atoms with Gasteiger partial charge in [-0.2, -0.15) is 5.26 Å². The number of rotatable bonds is 0. The molecular formula is C23H27NS2. The quantitative estimate of drug-likeness (QED) is 0.300. The third kappa shape index (κ3) is 5.42. The average molecular weight is 382 g/mol. The fourth-order valence-electron chi connectivity index (χ4n) is 2.39. The number of nitrogens with zero attached hydrogens (tertiary/aromatic N) is 1. The van der Waals surface area contributed by atoms with Crippen molar-refractivity contribution in [2.45, 2.75) is 41.5 Å². The van der Waals surface area contributed by atoms with Gasteiger partial charge >= 0.3 is 0 Å². The molecule has 0 fully saturated rings. The van der Waals surface area contributed by atoms with Gasteiger partial charge in [-0.3, -0.25) is 0 Å². The molecule has 0 radical (unpaired) electrons. The van der Waals surface area contributed by atoms with Crippen molar-refractivity contribution in [3.05, 3.63) is 69.9 Å². The van der Waals surface area contributed by atoms with Crippen molar-refractivity contribution < 1.29 is 0 Å². The maximum atomic E-state index is 8.80. The van der Waals surface area contributed by atoms with Crippen molar-refractivity contribution in [2.75, 3.05) is 0 Å². The summed E-state index contributed by atoms with van der Waals surface area (Å²) in [4.78, 5) is 1.39. The van der Waals surface area contributed by atoms with E-state index in [1.54, 1.807) is 11.3 Å². The van der Waals surface area contributed by atoms with E-state index in [1.807, 2.05) is 51.2 Å². The number of thiophene rings is 2. The highest BCUT2D eigenvalue weighted by Crippen LogP contribution is 2.27. The second kappa shape index (κ2) is 11.5. The van der Waals surface area contributed by atoms with Crippen LogP contribution in [0.2, 0.25) is 0 Å². The van der Waals surface area contributed by atoms with E-state index < -0.39 is 0 Å². The van der Waals surface area contributed by atoms with Crippen molar-refractivity contribution in [3.63, 3.8) is 0 Å². The monoisotopic (exact) mass is 381 g/mol. The van der Waals surface area contributed by atoms with E-state index in [2.05, 4.69) is 61.7 Å². The molecule has 0 aliphatic carbocycles. The predicted octanol–water partition coefficient (Wildman–Crippen LogP) is 8.34. The topological polar surface area (TPSA) is 23.8 Å². The van der Waals surface area contributed by atoms with Gasteiger partial charge in [-0.05, 0) is 53.8 Å². The van der Waals surface area contributed by atoms with E-state index in [1.165, 1.54) is 25.9 Å². The molecule has 0 saturated heterocycles. The number of aryl methyl sites for hydroxylation is 2. The number of benzene rings is 2. The largest absolute Gasteiger partial charge is 0.192 e. The number of fused-ring (bicyclic) bond motifs is 2. The summed E-state index contributed by atoms with van der Waals surface area (Å²) in [6.07, 6.45) is 0. The minimum Gasteiger partial charge on any atom is -0.192 e. The Morgan fingerprint density at radius 2 is 1.58 bits per heavy atom. The Bertz CT molecular complexity index is 938. The molecule has 0 saturated carbocycles. The van der Waals surface area contributed by atoms with Gasteiger partial charge in [-0.25, -0.2) is 0 Å². The van der Waals surface area contributed by atoms with Crippen LogP contribution in [0, 0.1) is 25.2 Å². The summed E-state index contributed by atoms with van der Waals surface area (Å²) >= 11 is 3.49. The van der Waals surface area contributed by atoms with Crippen molar-refractivity contribution >= 4 is 42.8 Å². The highest BCUT2D eigenvalue weighted by molar-refractivity contribution is 7.19. The number of hydrogen-bond donors (Lipinski definition) is 0. The molecule has 0 atom stereocenters. The lowest BCUT2D eigenvalue weighted by atomic mass is 10.1. The molecule has 0 aliphatic rings. The molecule has 2 aromatic carbocycles. The molecule has 0 aliphatic heterocycles. The first-order valence-electron chi connectivity index (χ1n) is 9.01. The van der Waals surface area contributed by atoms with Crippen LogP contribution in [-0.2, 0) is 0 Å². The Morgan fingerprint density at radius 1 is 0.885 bits per heavy atom. The second-order valence-corrected chi connectivity index (χ2v) is 7.28. The van der Waals surface area contributed by atoms with Gasteiger partial charge in [0.2, 0.25) is 0 Å². The van der Waals surface area contributed by atoms with Gasteiger partial charge in [-0.1, -0.05) is 58.0 Å². The van der Waals surface area contributed by atoms with E-state index in [0.29, 0.717) is 0 Å². The molecule has 0 unspecified atom stereocenters. The Labute approximate surface area is 165 Å². The Morgan fingerprint density at radius 3 is 2.23 bits per heavy atom. The van der Waals surface area contributed by atoms with Gasteiger partial charge in [0.1, 0.15) is 6.07 Å². The molecule has 0 N–H and O–H groups in total. The fourth-order valence-corrected chi connectivity index (χ4v) is 4.33. The van der Waals surface area contributed by atoms with Crippen molar-refractivity contribution in [1.82, 2.24) is 0 Å². The van der Waals surface area contributed by atoms with Crippen LogP contribution in [0.1, 0.15) is 43.7 Å². The number of nitriles is 1. The molecule has 0 spiro atoms. The normalized spacial score (nSPS) is 9.12. The molecule has 136 valence electrons. The first-order chi connectivity index (χ1) is 12.7. The summed E-state index contributed by atoms with van der Waals surface area (Å²) in [5, 5.41) is 13.5. The van der Waals surface area contributed by atoms with Crippen LogP contribution in [-0.4, -0.2) is 0 Å². The summed E-state index contributed by atoms with van der Waals surface area (Å²) in [7, 11) is 0. The summed E-state index contributed by atoms with van der Waals surface area (Å²) < 4.78 is 2.50. The molecule has 2 heterocycles. The molecule has 0 amide bonds. The van der Waals surface area contributed by atoms with E-state index in [0.717, 1.165) is 10.3 Å². The van der Waals surface area contributed by atoms with Crippen LogP contribution in [0.15, 0.2) is 53.9 Å². The van der Waals surface area contributed by atoms with Crippen LogP contribution in [0.5, 0.6) is 0 Å². The highest BCUT2D eigenvalue weighted by Gasteiger charge is 2.03. The first kappa shape index (κ1) is 21.9. The lowest BCUT2D eigenvalue weighted by Crippen LogP contribution is -1.73. The van der Waals surface area contributed by atoms with Gasteiger partial charge in [0, 0.05) is 9.58 Å². The smallest absolute Gasteiger partial charge is 0.101 e. The van der Waals surface area contributed by atoms with E-state index in [-0.39, 0.29) is 0 Å². The average Bonchev–Trinajstić information content (AvgIpc) is 3.27.